The summed E-state index contributed by atoms with van der Waals surface area (Å²) in [6, 6.07) is 0. The van der Waals surface area contributed by atoms with Crippen molar-refractivity contribution in [3.63, 3.8) is 0 Å². The number of halogens is 1. The molecule has 0 aliphatic heterocycles. The summed E-state index contributed by atoms with van der Waals surface area (Å²) in [5.41, 5.74) is 0. The number of unbranched alkanes of at least 4 members (excludes halogenated alkanes) is 3. The van der Waals surface area contributed by atoms with Gasteiger partial charge in [-0.15, -0.1) is 12.4 Å². The number of hydrogen-bond acceptors (Lipinski definition) is 1. The maximum absolute atomic E-state index is 3.60. The number of rotatable bonds is 3. The molecule has 0 atom stereocenters. The Morgan fingerprint density at radius 1 is 0.667 bits per heavy atom. The van der Waals surface area contributed by atoms with Crippen LogP contribution in [-0.4, -0.2) is 0 Å². The van der Waals surface area contributed by atoms with Gasteiger partial charge in [0.2, 0.25) is 0 Å². The predicted octanol–water partition coefficient (Wildman–Crippen LogP) is 5.44. The zero-order chi connectivity index (χ0) is 10.2. The van der Waals surface area contributed by atoms with Gasteiger partial charge in [0, 0.05) is 0 Å². The normalized spacial score (nSPS) is 6.00. The second kappa shape index (κ2) is 61.1. The molecule has 3 heteroatoms. The van der Waals surface area contributed by atoms with E-state index in [0.29, 0.717) is 0 Å². The quantitative estimate of drug-likeness (QED) is 0.542. The summed E-state index contributed by atoms with van der Waals surface area (Å²) in [5.74, 6) is 0. The minimum atomic E-state index is 0. The van der Waals surface area contributed by atoms with Crippen molar-refractivity contribution in [3.05, 3.63) is 20.8 Å². The molecule has 0 aromatic rings. The minimum Gasteiger partial charge on any atom is -0.344 e. The third-order valence-electron chi connectivity index (χ3n) is 1.06. The Hall–Kier alpha value is 0.769. The van der Waals surface area contributed by atoms with Crippen LogP contribution in [0.1, 0.15) is 59.3 Å². The smallest absolute Gasteiger partial charge is 0.344 e. The van der Waals surface area contributed by atoms with Crippen molar-refractivity contribution in [1.82, 2.24) is 6.15 Å². The van der Waals surface area contributed by atoms with Crippen LogP contribution in [0.15, 0.2) is 0 Å². The summed E-state index contributed by atoms with van der Waals surface area (Å²) in [5, 5.41) is 0. The van der Waals surface area contributed by atoms with E-state index in [2.05, 4.69) is 41.5 Å². The molecule has 15 heavy (non-hydrogen) atoms. The molecule has 0 rings (SSSR count). The molecule has 0 saturated carbocycles. The fourth-order valence-corrected chi connectivity index (χ4v) is 0. The van der Waals surface area contributed by atoms with E-state index in [1.54, 1.807) is 0 Å². The first-order chi connectivity index (χ1) is 5.74. The van der Waals surface area contributed by atoms with E-state index in [4.69, 9.17) is 0 Å². The average Bonchev–Trinajstić information content (AvgIpc) is 2.18. The van der Waals surface area contributed by atoms with Crippen LogP contribution < -0.4 is 6.15 Å². The van der Waals surface area contributed by atoms with E-state index in [9.17, 15) is 0 Å². The Morgan fingerprint density at radius 3 is 0.733 bits per heavy atom. The van der Waals surface area contributed by atoms with Crippen LogP contribution in [0.3, 0.4) is 0 Å². The van der Waals surface area contributed by atoms with Gasteiger partial charge in [0.1, 0.15) is 0 Å². The molecule has 0 aliphatic rings. The maximum Gasteiger partial charge on any atom is 3.00 e. The van der Waals surface area contributed by atoms with Crippen LogP contribution in [-0.2, 0) is 17.1 Å². The summed E-state index contributed by atoms with van der Waals surface area (Å²) in [7, 11) is 0. The second-order valence-electron chi connectivity index (χ2n) is 2.56. The summed E-state index contributed by atoms with van der Waals surface area (Å²) >= 11 is 0. The predicted molar refractivity (Wildman–Crippen MR) is 73.1 cm³/mol. The Balaban J connectivity index is -0.0000000184. The third kappa shape index (κ3) is 169. The summed E-state index contributed by atoms with van der Waals surface area (Å²) in [4.78, 5) is 0. The monoisotopic (exact) mass is 280 g/mol. The van der Waals surface area contributed by atoms with Crippen LogP contribution in [0.2, 0.25) is 0 Å². The van der Waals surface area contributed by atoms with Crippen molar-refractivity contribution >= 4 is 12.4 Å². The van der Waals surface area contributed by atoms with E-state index in [1.807, 2.05) is 0 Å². The van der Waals surface area contributed by atoms with Gasteiger partial charge in [0.15, 0.2) is 0 Å². The van der Waals surface area contributed by atoms with Crippen LogP contribution in [0, 0.1) is 20.8 Å². The molecule has 1 radical (unpaired) electrons. The molecule has 0 saturated heterocycles. The van der Waals surface area contributed by atoms with Gasteiger partial charge >= 0.3 is 17.1 Å². The van der Waals surface area contributed by atoms with Gasteiger partial charge in [-0.05, 0) is 0 Å². The molecule has 1 nitrogen and oxygen atoms in total. The molecule has 0 heterocycles. The van der Waals surface area contributed by atoms with Crippen molar-refractivity contribution in [3.8, 4) is 0 Å². The molecular formula is C12H31ClFeN. The zero-order valence-electron chi connectivity index (χ0n) is 10.8. The fourth-order valence-electron chi connectivity index (χ4n) is 0. The van der Waals surface area contributed by atoms with Crippen molar-refractivity contribution in [2.24, 2.45) is 0 Å². The molecule has 3 N–H and O–H groups in total. The molecule has 0 aromatic heterocycles. The van der Waals surface area contributed by atoms with E-state index in [-0.39, 0.29) is 35.6 Å². The van der Waals surface area contributed by atoms with Crippen LogP contribution in [0.5, 0.6) is 0 Å². The molecule has 0 aliphatic carbocycles. The first-order valence-corrected chi connectivity index (χ1v) is 5.12. The summed E-state index contributed by atoms with van der Waals surface area (Å²) < 4.78 is 0. The molecule has 0 fully saturated rings. The largest absolute Gasteiger partial charge is 3.00 e. The van der Waals surface area contributed by atoms with E-state index < -0.39 is 0 Å². The van der Waals surface area contributed by atoms with Gasteiger partial charge < -0.3 is 26.9 Å². The van der Waals surface area contributed by atoms with Gasteiger partial charge in [-0.25, -0.2) is 0 Å². The van der Waals surface area contributed by atoms with Crippen molar-refractivity contribution in [2.45, 2.75) is 59.3 Å². The van der Waals surface area contributed by atoms with E-state index in [0.717, 1.165) is 19.3 Å². The molecule has 0 aromatic carbocycles. The maximum atomic E-state index is 3.60. The van der Waals surface area contributed by atoms with Gasteiger partial charge in [0.05, 0.1) is 0 Å². The number of hydrogen-bond donors (Lipinski definition) is 1. The van der Waals surface area contributed by atoms with E-state index in [1.165, 1.54) is 19.3 Å². The Kier molecular flexibility index (Phi) is 147. The SMILES string of the molecule is Cl.N.[CH2-]CCC.[CH2-]CCC.[CH2-]CCC.[Fe+3]. The minimum absolute atomic E-state index is 0. The molecule has 0 bridgehead atoms. The second-order valence-corrected chi connectivity index (χ2v) is 2.56. The first-order valence-electron chi connectivity index (χ1n) is 5.12. The molecule has 99 valence electrons. The Labute approximate surface area is 116 Å². The van der Waals surface area contributed by atoms with E-state index >= 15 is 0 Å². The van der Waals surface area contributed by atoms with Crippen LogP contribution in [0.4, 0.5) is 0 Å². The molecule has 0 unspecified atom stereocenters. The van der Waals surface area contributed by atoms with Crippen LogP contribution >= 0.6 is 12.4 Å². The average molecular weight is 281 g/mol. The molecular weight excluding hydrogens is 249 g/mol. The topological polar surface area (TPSA) is 35.0 Å². The van der Waals surface area contributed by atoms with Crippen molar-refractivity contribution in [2.75, 3.05) is 0 Å². The third-order valence-corrected chi connectivity index (χ3v) is 1.06. The molecule has 0 amide bonds. The van der Waals surface area contributed by atoms with Crippen molar-refractivity contribution in [1.29, 1.82) is 0 Å². The van der Waals surface area contributed by atoms with Gasteiger partial charge in [-0.2, -0.15) is 19.3 Å². The van der Waals surface area contributed by atoms with Crippen LogP contribution in [0.25, 0.3) is 0 Å². The van der Waals surface area contributed by atoms with Gasteiger partial charge in [-0.3, -0.25) is 0 Å². The fraction of sp³-hybridized carbons (Fsp3) is 0.750. The van der Waals surface area contributed by atoms with Crippen molar-refractivity contribution < 1.29 is 17.1 Å². The van der Waals surface area contributed by atoms with Gasteiger partial charge in [-0.1, -0.05) is 40.0 Å². The zero-order valence-corrected chi connectivity index (χ0v) is 12.8. The summed E-state index contributed by atoms with van der Waals surface area (Å²) in [6.45, 7) is 17.2. The molecule has 0 spiro atoms. The standard InChI is InChI=1S/3C4H9.ClH.Fe.H3N/c3*1-3-4-2;;;/h3*1,3-4H2,2H3;1H;;1H3/q3*-1;;+3;. The van der Waals surface area contributed by atoms with Gasteiger partial charge in [0.25, 0.3) is 0 Å². The Morgan fingerprint density at radius 2 is 0.733 bits per heavy atom. The Bertz CT molecular complexity index is 31.1. The summed E-state index contributed by atoms with van der Waals surface area (Å²) in [6.07, 6.45) is 6.83. The first kappa shape index (κ1) is 36.0.